The van der Waals surface area contributed by atoms with Crippen molar-refractivity contribution in [3.05, 3.63) is 48.6 Å². The molecule has 1 fully saturated rings. The van der Waals surface area contributed by atoms with E-state index in [-0.39, 0.29) is 18.2 Å². The van der Waals surface area contributed by atoms with Gasteiger partial charge in [0.15, 0.2) is 0 Å². The number of carbonyl (C=O) groups is 2. The van der Waals surface area contributed by atoms with Gasteiger partial charge in [-0.2, -0.15) is 0 Å². The summed E-state index contributed by atoms with van der Waals surface area (Å²) in [6.07, 6.45) is 3.90. The van der Waals surface area contributed by atoms with Crippen molar-refractivity contribution in [1.29, 1.82) is 0 Å². The Hall–Kier alpha value is -2.14. The lowest BCUT2D eigenvalue weighted by Gasteiger charge is -2.33. The van der Waals surface area contributed by atoms with Crippen molar-refractivity contribution in [2.24, 2.45) is 0 Å². The van der Waals surface area contributed by atoms with Gasteiger partial charge in [-0.1, -0.05) is 36.4 Å². The first-order valence-corrected chi connectivity index (χ1v) is 8.52. The van der Waals surface area contributed by atoms with Gasteiger partial charge in [0.05, 0.1) is 12.5 Å². The predicted octanol–water partition coefficient (Wildman–Crippen LogP) is 1.80. The number of hydrogen-bond donors (Lipinski definition) is 1. The molecule has 0 radical (unpaired) electrons. The smallest absolute Gasteiger partial charge is 0.240 e. The van der Waals surface area contributed by atoms with E-state index >= 15 is 0 Å². The number of carbonyl (C=O) groups excluding carboxylic acids is 2. The maximum Gasteiger partial charge on any atom is 0.240 e. The van der Waals surface area contributed by atoms with Crippen LogP contribution in [-0.2, 0) is 16.1 Å². The molecule has 0 aromatic heterocycles. The van der Waals surface area contributed by atoms with Crippen LogP contribution in [0, 0.1) is 0 Å². The minimum Gasteiger partial charge on any atom is -0.341 e. The highest BCUT2D eigenvalue weighted by Gasteiger charge is 2.30. The summed E-state index contributed by atoms with van der Waals surface area (Å²) < 4.78 is 0. The number of hydrogen-bond acceptors (Lipinski definition) is 3. The normalized spacial score (nSPS) is 17.6. The van der Waals surface area contributed by atoms with E-state index in [2.05, 4.69) is 11.9 Å². The monoisotopic (exact) mass is 329 g/mol. The molecule has 1 aliphatic rings. The van der Waals surface area contributed by atoms with Gasteiger partial charge in [0.2, 0.25) is 11.8 Å². The zero-order valence-electron chi connectivity index (χ0n) is 14.4. The van der Waals surface area contributed by atoms with Gasteiger partial charge in [-0.25, -0.2) is 0 Å². The second-order valence-corrected chi connectivity index (χ2v) is 6.20. The molecule has 0 saturated carbocycles. The molecule has 1 saturated heterocycles. The first kappa shape index (κ1) is 18.2. The minimum atomic E-state index is -0.409. The highest BCUT2D eigenvalue weighted by atomic mass is 16.2. The van der Waals surface area contributed by atoms with Crippen LogP contribution < -0.4 is 5.32 Å². The summed E-state index contributed by atoms with van der Waals surface area (Å²) in [5, 5.41) is 3.18. The fourth-order valence-corrected chi connectivity index (χ4v) is 2.88. The zero-order valence-corrected chi connectivity index (χ0v) is 14.4. The van der Waals surface area contributed by atoms with Gasteiger partial charge in [-0.05, 0) is 18.4 Å². The number of nitrogens with zero attached hydrogens (tertiary/aromatic N) is 2. The molecule has 1 heterocycles. The van der Waals surface area contributed by atoms with Gasteiger partial charge < -0.3 is 15.1 Å². The summed E-state index contributed by atoms with van der Waals surface area (Å²) >= 11 is 0. The van der Waals surface area contributed by atoms with Gasteiger partial charge in [0, 0.05) is 33.2 Å². The number of benzene rings is 1. The number of piperazine rings is 1. The molecular formula is C19H27N3O2. The minimum absolute atomic E-state index is 0.0161. The van der Waals surface area contributed by atoms with E-state index in [4.69, 9.17) is 0 Å². The van der Waals surface area contributed by atoms with E-state index < -0.39 is 6.04 Å². The quantitative estimate of drug-likeness (QED) is 0.584. The summed E-state index contributed by atoms with van der Waals surface area (Å²) in [7, 11) is 1.78. The summed E-state index contributed by atoms with van der Waals surface area (Å²) in [5.41, 5.74) is 1.09. The molecular weight excluding hydrogens is 302 g/mol. The lowest BCUT2D eigenvalue weighted by molar-refractivity contribution is -0.140. The van der Waals surface area contributed by atoms with Crippen molar-refractivity contribution in [3.63, 3.8) is 0 Å². The van der Waals surface area contributed by atoms with E-state index in [0.717, 1.165) is 31.5 Å². The fraction of sp³-hybridized carbons (Fsp3) is 0.474. The number of allylic oxidation sites excluding steroid dienone is 1. The van der Waals surface area contributed by atoms with Crippen LogP contribution in [0.1, 0.15) is 24.8 Å². The maximum atomic E-state index is 12.5. The Kier molecular flexibility index (Phi) is 7.00. The molecule has 1 aromatic carbocycles. The van der Waals surface area contributed by atoms with Crippen molar-refractivity contribution in [2.75, 3.05) is 26.7 Å². The van der Waals surface area contributed by atoms with Crippen LogP contribution in [0.15, 0.2) is 43.0 Å². The standard InChI is InChI=1S/C19H27N3O2/c1-3-4-8-12-22-13-11-20-17(19(22)24)14-18(23)21(2)15-16-9-6-5-7-10-16/h3,5-7,9-10,17,20H,1,4,8,11-15H2,2H3. The Morgan fingerprint density at radius 3 is 2.88 bits per heavy atom. The molecule has 0 spiro atoms. The van der Waals surface area contributed by atoms with E-state index in [1.54, 1.807) is 11.9 Å². The topological polar surface area (TPSA) is 52.7 Å². The average molecular weight is 329 g/mol. The second kappa shape index (κ2) is 9.23. The zero-order chi connectivity index (χ0) is 17.4. The number of nitrogens with one attached hydrogen (secondary N) is 1. The SMILES string of the molecule is C=CCCCN1CCNC(CC(=O)N(C)Cc2ccccc2)C1=O. The van der Waals surface area contributed by atoms with Crippen LogP contribution in [0.2, 0.25) is 0 Å². The summed E-state index contributed by atoms with van der Waals surface area (Å²) in [4.78, 5) is 28.5. The average Bonchev–Trinajstić information content (AvgIpc) is 2.59. The molecule has 1 atom stereocenters. The molecule has 5 heteroatoms. The Balaban J connectivity index is 1.85. The number of rotatable bonds is 8. The van der Waals surface area contributed by atoms with Crippen molar-refractivity contribution in [2.45, 2.75) is 31.8 Å². The van der Waals surface area contributed by atoms with Crippen molar-refractivity contribution < 1.29 is 9.59 Å². The molecule has 130 valence electrons. The van der Waals surface area contributed by atoms with Crippen molar-refractivity contribution in [3.8, 4) is 0 Å². The molecule has 0 bridgehead atoms. The molecule has 2 amide bonds. The molecule has 1 unspecified atom stereocenters. The van der Waals surface area contributed by atoms with Gasteiger partial charge >= 0.3 is 0 Å². The van der Waals surface area contributed by atoms with Crippen molar-refractivity contribution >= 4 is 11.8 Å². The third kappa shape index (κ3) is 5.20. The fourth-order valence-electron chi connectivity index (χ4n) is 2.88. The van der Waals surface area contributed by atoms with Crippen LogP contribution >= 0.6 is 0 Å². The lowest BCUT2D eigenvalue weighted by Crippen LogP contribution is -2.56. The van der Waals surface area contributed by atoms with E-state index in [0.29, 0.717) is 13.1 Å². The first-order chi connectivity index (χ1) is 11.6. The highest BCUT2D eigenvalue weighted by molar-refractivity contribution is 5.88. The van der Waals surface area contributed by atoms with Crippen LogP contribution in [-0.4, -0.2) is 54.3 Å². The summed E-state index contributed by atoms with van der Waals surface area (Å²) in [6, 6.07) is 9.46. The summed E-state index contributed by atoms with van der Waals surface area (Å²) in [5.74, 6) is 0.0180. The molecule has 24 heavy (non-hydrogen) atoms. The van der Waals surface area contributed by atoms with Gasteiger partial charge in [0.25, 0.3) is 0 Å². The van der Waals surface area contributed by atoms with Gasteiger partial charge in [-0.15, -0.1) is 6.58 Å². The Morgan fingerprint density at radius 1 is 1.42 bits per heavy atom. The molecule has 1 aromatic rings. The predicted molar refractivity (Wildman–Crippen MR) is 95.3 cm³/mol. The lowest BCUT2D eigenvalue weighted by atomic mass is 10.1. The Labute approximate surface area is 144 Å². The molecule has 2 rings (SSSR count). The van der Waals surface area contributed by atoms with E-state index in [9.17, 15) is 9.59 Å². The van der Waals surface area contributed by atoms with Gasteiger partial charge in [-0.3, -0.25) is 9.59 Å². The maximum absolute atomic E-state index is 12.5. The molecule has 1 N–H and O–H groups in total. The molecule has 1 aliphatic heterocycles. The molecule has 5 nitrogen and oxygen atoms in total. The summed E-state index contributed by atoms with van der Waals surface area (Å²) in [6.45, 7) is 6.44. The van der Waals surface area contributed by atoms with Crippen molar-refractivity contribution in [1.82, 2.24) is 15.1 Å². The Bertz CT molecular complexity index is 559. The van der Waals surface area contributed by atoms with Gasteiger partial charge in [0.1, 0.15) is 0 Å². The third-order valence-corrected chi connectivity index (χ3v) is 4.29. The van der Waals surface area contributed by atoms with Crippen LogP contribution in [0.4, 0.5) is 0 Å². The Morgan fingerprint density at radius 2 is 2.17 bits per heavy atom. The van der Waals surface area contributed by atoms with Crippen LogP contribution in [0.5, 0.6) is 0 Å². The molecule has 0 aliphatic carbocycles. The van der Waals surface area contributed by atoms with E-state index in [1.807, 2.05) is 41.3 Å². The first-order valence-electron chi connectivity index (χ1n) is 8.52. The number of amides is 2. The van der Waals surface area contributed by atoms with E-state index in [1.165, 1.54) is 0 Å². The van der Waals surface area contributed by atoms with Crippen LogP contribution in [0.3, 0.4) is 0 Å². The third-order valence-electron chi connectivity index (χ3n) is 4.29. The highest BCUT2D eigenvalue weighted by Crippen LogP contribution is 2.10. The number of unbranched alkanes of at least 4 members (excludes halogenated alkanes) is 1. The van der Waals surface area contributed by atoms with Crippen LogP contribution in [0.25, 0.3) is 0 Å². The largest absolute Gasteiger partial charge is 0.341 e. The second-order valence-electron chi connectivity index (χ2n) is 6.20.